The molecule has 2 atom stereocenters. The summed E-state index contributed by atoms with van der Waals surface area (Å²) < 4.78 is 7.22. The molecular weight excluding hydrogens is 258 g/mol. The van der Waals surface area contributed by atoms with Crippen LogP contribution in [0, 0.1) is 0 Å². The van der Waals surface area contributed by atoms with Crippen LogP contribution in [0.5, 0.6) is 0 Å². The molecule has 0 amide bonds. The summed E-state index contributed by atoms with van der Waals surface area (Å²) in [5, 5.41) is 9.54. The van der Waals surface area contributed by atoms with E-state index in [1.54, 1.807) is 10.6 Å². The highest BCUT2D eigenvalue weighted by atomic mass is 35.5. The number of hydrogen-bond acceptors (Lipinski definition) is 6. The molecule has 0 fully saturated rings. The molecule has 0 saturated carbocycles. The third-order valence-electron chi connectivity index (χ3n) is 2.70. The van der Waals surface area contributed by atoms with Crippen LogP contribution >= 0.6 is 11.6 Å². The van der Waals surface area contributed by atoms with Crippen LogP contribution in [0.2, 0.25) is 0 Å². The van der Waals surface area contributed by atoms with Crippen LogP contribution in [-0.2, 0) is 4.74 Å². The number of nitrogens with two attached hydrogens (primary N) is 1. The smallest absolute Gasteiger partial charge is 0.173 e. The Morgan fingerprint density at radius 1 is 1.44 bits per heavy atom. The highest BCUT2D eigenvalue weighted by Gasteiger charge is 2.28. The topological polar surface area (TPSA) is 99.1 Å². The van der Waals surface area contributed by atoms with Crippen LogP contribution in [-0.4, -0.2) is 37.3 Å². The molecule has 3 rings (SSSR count). The van der Waals surface area contributed by atoms with Crippen molar-refractivity contribution in [3.05, 3.63) is 23.8 Å². The summed E-state index contributed by atoms with van der Waals surface area (Å²) in [6.45, 7) is -0.128. The molecule has 7 nitrogen and oxygen atoms in total. The quantitative estimate of drug-likeness (QED) is 0.818. The second-order valence-corrected chi connectivity index (χ2v) is 4.28. The summed E-state index contributed by atoms with van der Waals surface area (Å²) in [6.07, 6.45) is 3.59. The van der Waals surface area contributed by atoms with Gasteiger partial charge in [-0.05, 0) is 6.08 Å². The number of anilines is 1. The van der Waals surface area contributed by atoms with Gasteiger partial charge in [0.25, 0.3) is 0 Å². The normalized spacial score (nSPS) is 23.6. The number of aromatic nitrogens is 4. The average Bonchev–Trinajstić information content (AvgIpc) is 2.93. The summed E-state index contributed by atoms with van der Waals surface area (Å²) in [4.78, 5) is 12.1. The first-order valence-electron chi connectivity index (χ1n) is 5.27. The lowest BCUT2D eigenvalue weighted by Gasteiger charge is -2.15. The predicted octanol–water partition coefficient (Wildman–Crippen LogP) is 0.421. The molecule has 3 heterocycles. The molecule has 8 heteroatoms. The summed E-state index contributed by atoms with van der Waals surface area (Å²) in [5.74, 6) is 0.301. The van der Waals surface area contributed by atoms with Crippen LogP contribution in [0.25, 0.3) is 11.2 Å². The molecule has 2 aromatic rings. The molecule has 0 aliphatic carbocycles. The molecule has 2 aromatic heterocycles. The minimum Gasteiger partial charge on any atom is -0.393 e. The first-order chi connectivity index (χ1) is 8.70. The fraction of sp³-hybridized carbons (Fsp3) is 0.300. The molecule has 18 heavy (non-hydrogen) atoms. The van der Waals surface area contributed by atoms with E-state index in [2.05, 4.69) is 15.0 Å². The molecule has 0 unspecified atom stereocenters. The number of aliphatic hydroxyl groups is 1. The Morgan fingerprint density at radius 2 is 2.28 bits per heavy atom. The molecule has 3 N–H and O–H groups in total. The van der Waals surface area contributed by atoms with Crippen LogP contribution < -0.4 is 5.73 Å². The van der Waals surface area contributed by atoms with Gasteiger partial charge in [0.05, 0.1) is 18.0 Å². The van der Waals surface area contributed by atoms with Gasteiger partial charge < -0.3 is 15.6 Å². The van der Waals surface area contributed by atoms with E-state index in [0.29, 0.717) is 22.0 Å². The third-order valence-corrected chi connectivity index (χ3v) is 3.02. The predicted molar refractivity (Wildman–Crippen MR) is 64.7 cm³/mol. The van der Waals surface area contributed by atoms with E-state index in [4.69, 9.17) is 27.2 Å². The van der Waals surface area contributed by atoms with E-state index >= 15 is 0 Å². The maximum atomic E-state index is 9.06. The lowest BCUT2D eigenvalue weighted by molar-refractivity contribution is -0.00795. The van der Waals surface area contributed by atoms with E-state index in [-0.39, 0.29) is 6.61 Å². The third kappa shape index (κ3) is 1.64. The zero-order chi connectivity index (χ0) is 12.7. The largest absolute Gasteiger partial charge is 0.393 e. The van der Waals surface area contributed by atoms with E-state index in [1.165, 1.54) is 12.7 Å². The van der Waals surface area contributed by atoms with E-state index < -0.39 is 12.3 Å². The molecule has 1 aliphatic heterocycles. The Morgan fingerprint density at radius 3 is 3.00 bits per heavy atom. The fourth-order valence-electron chi connectivity index (χ4n) is 1.87. The van der Waals surface area contributed by atoms with Crippen LogP contribution in [0.1, 0.15) is 6.23 Å². The average molecular weight is 268 g/mol. The van der Waals surface area contributed by atoms with E-state index in [1.807, 2.05) is 0 Å². The van der Waals surface area contributed by atoms with Gasteiger partial charge in [-0.2, -0.15) is 0 Å². The van der Waals surface area contributed by atoms with Crippen molar-refractivity contribution in [1.82, 2.24) is 19.5 Å². The minimum atomic E-state index is -0.539. The zero-order valence-corrected chi connectivity index (χ0v) is 9.95. The molecular formula is C10H10ClN5O2. The summed E-state index contributed by atoms with van der Waals surface area (Å²) in [5.41, 5.74) is 6.74. The molecule has 0 aromatic carbocycles. The lowest BCUT2D eigenvalue weighted by Crippen LogP contribution is -2.15. The number of nitrogen functional groups attached to an aromatic ring is 1. The van der Waals surface area contributed by atoms with Crippen LogP contribution in [0.3, 0.4) is 0 Å². The standard InChI is InChI=1S/C10H10ClN5O2/c11-6-1-5(2-17)18-10(6)16-4-15-7-8(12)13-3-14-9(7)16/h1,3-5,10,17H,2H2,(H2,12,13,14)/t5-,10+/m0/s1. The molecule has 94 valence electrons. The van der Waals surface area contributed by atoms with Gasteiger partial charge in [-0.3, -0.25) is 4.57 Å². The highest BCUT2D eigenvalue weighted by Crippen LogP contribution is 2.33. The van der Waals surface area contributed by atoms with E-state index in [0.717, 1.165) is 0 Å². The lowest BCUT2D eigenvalue weighted by atomic mass is 10.4. The zero-order valence-electron chi connectivity index (χ0n) is 9.19. The number of nitrogens with zero attached hydrogens (tertiary/aromatic N) is 4. The Balaban J connectivity index is 2.06. The summed E-state index contributed by atoms with van der Waals surface area (Å²) in [7, 11) is 0. The van der Waals surface area contributed by atoms with E-state index in [9.17, 15) is 0 Å². The second kappa shape index (κ2) is 4.20. The monoisotopic (exact) mass is 267 g/mol. The van der Waals surface area contributed by atoms with Gasteiger partial charge in [-0.15, -0.1) is 0 Å². The number of halogens is 1. The second-order valence-electron chi connectivity index (χ2n) is 3.84. The van der Waals surface area contributed by atoms with Gasteiger partial charge in [-0.1, -0.05) is 11.6 Å². The first-order valence-corrected chi connectivity index (χ1v) is 5.65. The van der Waals surface area contributed by atoms with Crippen molar-refractivity contribution in [3.63, 3.8) is 0 Å². The van der Waals surface area contributed by atoms with Crippen molar-refractivity contribution in [2.45, 2.75) is 12.3 Å². The van der Waals surface area contributed by atoms with Gasteiger partial charge in [-0.25, -0.2) is 15.0 Å². The molecule has 0 spiro atoms. The Kier molecular flexibility index (Phi) is 2.66. The van der Waals surface area contributed by atoms with Crippen LogP contribution in [0.15, 0.2) is 23.8 Å². The number of ether oxygens (including phenoxy) is 1. The minimum absolute atomic E-state index is 0.128. The summed E-state index contributed by atoms with van der Waals surface area (Å²) in [6, 6.07) is 0. The van der Waals surface area contributed by atoms with Crippen LogP contribution in [0.4, 0.5) is 5.82 Å². The van der Waals surface area contributed by atoms with Crippen molar-refractivity contribution in [1.29, 1.82) is 0 Å². The molecule has 1 aliphatic rings. The maximum Gasteiger partial charge on any atom is 0.173 e. The number of imidazole rings is 1. The van der Waals surface area contributed by atoms with Gasteiger partial charge in [0, 0.05) is 0 Å². The van der Waals surface area contributed by atoms with Crippen molar-refractivity contribution in [2.75, 3.05) is 12.3 Å². The van der Waals surface area contributed by atoms with Gasteiger partial charge in [0.2, 0.25) is 0 Å². The maximum absolute atomic E-state index is 9.06. The molecule has 0 radical (unpaired) electrons. The SMILES string of the molecule is Nc1ncnc2c1ncn2[C@@H]1O[C@H](CO)C=C1Cl. The summed E-state index contributed by atoms with van der Waals surface area (Å²) >= 11 is 6.09. The van der Waals surface area contributed by atoms with Gasteiger partial charge in [0.1, 0.15) is 17.9 Å². The number of hydrogen-bond donors (Lipinski definition) is 2. The molecule has 0 bridgehead atoms. The fourth-order valence-corrected chi connectivity index (χ4v) is 2.16. The number of rotatable bonds is 2. The van der Waals surface area contributed by atoms with Crippen molar-refractivity contribution >= 4 is 28.6 Å². The van der Waals surface area contributed by atoms with Gasteiger partial charge in [0.15, 0.2) is 17.7 Å². The Bertz CT molecular complexity index is 626. The van der Waals surface area contributed by atoms with Crippen molar-refractivity contribution in [3.8, 4) is 0 Å². The first kappa shape index (κ1) is 11.4. The van der Waals surface area contributed by atoms with Crippen molar-refractivity contribution in [2.24, 2.45) is 0 Å². The number of aliphatic hydroxyl groups excluding tert-OH is 1. The Hall–Kier alpha value is -1.70. The van der Waals surface area contributed by atoms with Gasteiger partial charge >= 0.3 is 0 Å². The van der Waals surface area contributed by atoms with Crippen molar-refractivity contribution < 1.29 is 9.84 Å². The Labute approximate surface area is 107 Å². The molecule has 0 saturated heterocycles. The highest BCUT2D eigenvalue weighted by molar-refractivity contribution is 6.30. The number of fused-ring (bicyclic) bond motifs is 1.